The molecule has 0 N–H and O–H groups in total. The van der Waals surface area contributed by atoms with Crippen molar-refractivity contribution in [2.24, 2.45) is 35.5 Å². The molecule has 4 heteroatoms. The van der Waals surface area contributed by atoms with Crippen LogP contribution in [0.2, 0.25) is 0 Å². The van der Waals surface area contributed by atoms with Crippen molar-refractivity contribution in [1.82, 2.24) is 0 Å². The average Bonchev–Trinajstić information content (AvgIpc) is 3.39. The molecule has 0 spiro atoms. The number of carbonyl (C=O) groups is 2. The number of benzene rings is 1. The van der Waals surface area contributed by atoms with Crippen molar-refractivity contribution in [2.45, 2.75) is 33.1 Å². The molecule has 130 valence electrons. The van der Waals surface area contributed by atoms with Crippen LogP contribution in [0.5, 0.6) is 0 Å². The number of allylic oxidation sites excluding steroid dienone is 2. The number of halogens is 1. The lowest BCUT2D eigenvalue weighted by atomic mass is 9.63. The lowest BCUT2D eigenvalue weighted by Crippen LogP contribution is -2.40. The van der Waals surface area contributed by atoms with Crippen LogP contribution in [0.3, 0.4) is 0 Å². The van der Waals surface area contributed by atoms with Crippen LogP contribution in [-0.2, 0) is 22.4 Å². The van der Waals surface area contributed by atoms with Gasteiger partial charge < -0.3 is 0 Å². The van der Waals surface area contributed by atoms with Crippen LogP contribution in [0.4, 0.5) is 5.69 Å². The molecule has 3 nitrogen and oxygen atoms in total. The molecular weight excluding hydrogens is 378 g/mol. The minimum atomic E-state index is -0.121. The predicted molar refractivity (Wildman–Crippen MR) is 100 cm³/mol. The van der Waals surface area contributed by atoms with E-state index in [9.17, 15) is 9.59 Å². The largest absolute Gasteiger partial charge is 0.274 e. The second-order valence-electron chi connectivity index (χ2n) is 7.95. The van der Waals surface area contributed by atoms with Crippen molar-refractivity contribution >= 4 is 33.4 Å². The van der Waals surface area contributed by atoms with Crippen LogP contribution >= 0.6 is 15.9 Å². The number of rotatable bonds is 3. The third kappa shape index (κ3) is 1.98. The molecule has 25 heavy (non-hydrogen) atoms. The molecule has 3 fully saturated rings. The van der Waals surface area contributed by atoms with Crippen LogP contribution in [-0.4, -0.2) is 11.8 Å². The van der Waals surface area contributed by atoms with Gasteiger partial charge in [0, 0.05) is 4.47 Å². The van der Waals surface area contributed by atoms with Gasteiger partial charge in [0.1, 0.15) is 0 Å². The maximum atomic E-state index is 13.4. The van der Waals surface area contributed by atoms with Crippen LogP contribution in [0.1, 0.15) is 31.4 Å². The van der Waals surface area contributed by atoms with E-state index in [4.69, 9.17) is 0 Å². The molecular formula is C21H22BrNO2. The molecule has 0 aromatic heterocycles. The highest BCUT2D eigenvalue weighted by Crippen LogP contribution is 2.65. The first-order valence-electron chi connectivity index (χ1n) is 9.44. The van der Waals surface area contributed by atoms with E-state index in [1.165, 1.54) is 6.42 Å². The number of carbonyl (C=O) groups excluding carboxylic acids is 2. The highest BCUT2D eigenvalue weighted by molar-refractivity contribution is 9.10. The molecule has 1 saturated heterocycles. The zero-order valence-corrected chi connectivity index (χ0v) is 16.1. The summed E-state index contributed by atoms with van der Waals surface area (Å²) in [7, 11) is 0. The fourth-order valence-corrected chi connectivity index (χ4v) is 6.27. The number of aryl methyl sites for hydroxylation is 2. The molecule has 2 bridgehead atoms. The fourth-order valence-electron chi connectivity index (χ4n) is 5.72. The minimum Gasteiger partial charge on any atom is -0.274 e. The second-order valence-corrected chi connectivity index (χ2v) is 8.86. The Kier molecular flexibility index (Phi) is 3.35. The van der Waals surface area contributed by atoms with E-state index in [0.29, 0.717) is 11.8 Å². The van der Waals surface area contributed by atoms with Gasteiger partial charge in [0.05, 0.1) is 17.5 Å². The van der Waals surface area contributed by atoms with Gasteiger partial charge in [-0.05, 0) is 66.2 Å². The van der Waals surface area contributed by atoms with Crippen molar-refractivity contribution in [1.29, 1.82) is 0 Å². The molecule has 1 heterocycles. The van der Waals surface area contributed by atoms with Crippen molar-refractivity contribution in [3.05, 3.63) is 39.9 Å². The monoisotopic (exact) mass is 399 g/mol. The number of amides is 2. The first-order valence-corrected chi connectivity index (χ1v) is 10.2. The van der Waals surface area contributed by atoms with E-state index >= 15 is 0 Å². The Morgan fingerprint density at radius 1 is 0.960 bits per heavy atom. The van der Waals surface area contributed by atoms with Crippen LogP contribution in [0, 0.1) is 35.5 Å². The van der Waals surface area contributed by atoms with Crippen molar-refractivity contribution in [2.75, 3.05) is 4.90 Å². The summed E-state index contributed by atoms with van der Waals surface area (Å²) in [5.74, 6) is 1.72. The molecule has 2 saturated carbocycles. The molecule has 1 aliphatic heterocycles. The van der Waals surface area contributed by atoms with Gasteiger partial charge in [-0.3, -0.25) is 9.59 Å². The molecule has 6 rings (SSSR count). The van der Waals surface area contributed by atoms with E-state index in [2.05, 4.69) is 54.1 Å². The van der Waals surface area contributed by atoms with E-state index in [0.717, 1.165) is 34.1 Å². The number of hydrogen-bond donors (Lipinski definition) is 0. The first kappa shape index (κ1) is 15.8. The molecule has 1 aromatic rings. The maximum Gasteiger partial charge on any atom is 0.238 e. The Morgan fingerprint density at radius 3 is 1.88 bits per heavy atom. The van der Waals surface area contributed by atoms with E-state index in [1.54, 1.807) is 4.90 Å². The SMILES string of the molecule is CCc1cc(Br)cc(CC)c1N1C(=O)[C@@H]2[C@@H]3C=C[C@H]([C@@H]4C[C@H]34)[C@@H]2C1=O. The standard InChI is InChI=1S/C21H22BrNO2/c1-3-10-7-12(22)8-11(4-2)19(10)23-20(24)17-13-5-6-14(16-9-15(13)16)18(17)21(23)25/h5-8,13-18H,3-4,9H2,1-2H3/t13-,14-,15-,16+,17-,18+/m1/s1. The van der Waals surface area contributed by atoms with Gasteiger partial charge in [0.2, 0.25) is 11.8 Å². The summed E-state index contributed by atoms with van der Waals surface area (Å²) in [6.07, 6.45) is 7.29. The quantitative estimate of drug-likeness (QED) is 0.565. The van der Waals surface area contributed by atoms with Gasteiger partial charge in [0.15, 0.2) is 0 Å². The molecule has 0 unspecified atom stereocenters. The number of hydrogen-bond acceptors (Lipinski definition) is 2. The summed E-state index contributed by atoms with van der Waals surface area (Å²) in [5.41, 5.74) is 3.03. The van der Waals surface area contributed by atoms with Crippen molar-refractivity contribution in [3.8, 4) is 0 Å². The summed E-state index contributed by atoms with van der Waals surface area (Å²) < 4.78 is 1.02. The Labute approximate surface area is 156 Å². The van der Waals surface area contributed by atoms with Crippen LogP contribution in [0.25, 0.3) is 0 Å². The summed E-state index contributed by atoms with van der Waals surface area (Å²) in [6.45, 7) is 4.17. The number of imide groups is 1. The molecule has 5 aliphatic rings. The molecule has 0 radical (unpaired) electrons. The Balaban J connectivity index is 1.63. The number of nitrogens with zero attached hydrogens (tertiary/aromatic N) is 1. The number of anilines is 1. The predicted octanol–water partition coefficient (Wildman–Crippen LogP) is 4.13. The van der Waals surface area contributed by atoms with Gasteiger partial charge in [-0.2, -0.15) is 0 Å². The zero-order chi connectivity index (χ0) is 17.5. The Bertz CT molecular complexity index is 768. The topological polar surface area (TPSA) is 37.4 Å². The van der Waals surface area contributed by atoms with E-state index in [1.807, 2.05) is 0 Å². The summed E-state index contributed by atoms with van der Waals surface area (Å²) >= 11 is 3.57. The zero-order valence-electron chi connectivity index (χ0n) is 14.5. The minimum absolute atomic E-state index is 0.0476. The lowest BCUT2D eigenvalue weighted by Gasteiger charge is -2.37. The Hall–Kier alpha value is -1.42. The van der Waals surface area contributed by atoms with E-state index in [-0.39, 0.29) is 35.5 Å². The molecule has 1 aromatic carbocycles. The van der Waals surface area contributed by atoms with Gasteiger partial charge in [0.25, 0.3) is 0 Å². The summed E-state index contributed by atoms with van der Waals surface area (Å²) in [4.78, 5) is 28.3. The first-order chi connectivity index (χ1) is 12.1. The van der Waals surface area contributed by atoms with E-state index < -0.39 is 0 Å². The van der Waals surface area contributed by atoms with Gasteiger partial charge in [-0.1, -0.05) is 41.9 Å². The normalized spacial score (nSPS) is 37.5. The smallest absolute Gasteiger partial charge is 0.238 e. The molecule has 4 aliphatic carbocycles. The Morgan fingerprint density at radius 2 is 1.44 bits per heavy atom. The molecule has 2 amide bonds. The van der Waals surface area contributed by atoms with Gasteiger partial charge in [-0.25, -0.2) is 4.90 Å². The van der Waals surface area contributed by atoms with Crippen molar-refractivity contribution in [3.63, 3.8) is 0 Å². The third-order valence-corrected chi connectivity index (χ3v) is 7.34. The highest BCUT2D eigenvalue weighted by Gasteiger charge is 2.67. The van der Waals surface area contributed by atoms with Crippen LogP contribution in [0.15, 0.2) is 28.8 Å². The second kappa shape index (κ2) is 5.29. The fraction of sp³-hybridized carbons (Fsp3) is 0.524. The lowest BCUT2D eigenvalue weighted by molar-refractivity contribution is -0.124. The van der Waals surface area contributed by atoms with Crippen molar-refractivity contribution < 1.29 is 9.59 Å². The van der Waals surface area contributed by atoms with Gasteiger partial charge in [-0.15, -0.1) is 0 Å². The highest BCUT2D eigenvalue weighted by atomic mass is 79.9. The summed E-state index contributed by atoms with van der Waals surface area (Å²) in [6, 6.07) is 4.11. The average molecular weight is 400 g/mol. The maximum absolute atomic E-state index is 13.4. The third-order valence-electron chi connectivity index (χ3n) is 6.88. The summed E-state index contributed by atoms with van der Waals surface area (Å²) in [5, 5.41) is 0. The van der Waals surface area contributed by atoms with Crippen LogP contribution < -0.4 is 4.90 Å². The van der Waals surface area contributed by atoms with Gasteiger partial charge >= 0.3 is 0 Å². The molecule has 6 atom stereocenters.